The van der Waals surface area contributed by atoms with E-state index in [1.807, 2.05) is 6.92 Å². The fraction of sp³-hybridized carbons (Fsp3) is 0.130. The van der Waals surface area contributed by atoms with Crippen LogP contribution in [0, 0.1) is 6.92 Å². The lowest BCUT2D eigenvalue weighted by molar-refractivity contribution is -0.125. The Hall–Kier alpha value is -2.87. The molecule has 6 nitrogen and oxygen atoms in total. The number of esters is 1. The number of sulfone groups is 1. The minimum atomic E-state index is -3.58. The molecule has 0 fully saturated rings. The number of ether oxygens (including phenoxy) is 1. The van der Waals surface area contributed by atoms with Gasteiger partial charge in [-0.1, -0.05) is 59.6 Å². The molecule has 32 heavy (non-hydrogen) atoms. The maximum Gasteiger partial charge on any atom is 0.340 e. The highest BCUT2D eigenvalue weighted by Crippen LogP contribution is 2.27. The molecule has 0 aromatic heterocycles. The zero-order valence-corrected chi connectivity index (χ0v) is 19.5. The molecule has 0 saturated carbocycles. The van der Waals surface area contributed by atoms with Gasteiger partial charge in [0.15, 0.2) is 9.84 Å². The van der Waals surface area contributed by atoms with Crippen molar-refractivity contribution < 1.29 is 22.7 Å². The molecule has 0 radical (unpaired) electrons. The molecule has 0 bridgehead atoms. The molecule has 0 spiro atoms. The number of benzene rings is 3. The van der Waals surface area contributed by atoms with Gasteiger partial charge in [-0.2, -0.15) is 0 Å². The van der Waals surface area contributed by atoms with Crippen LogP contribution >= 0.6 is 23.2 Å². The van der Waals surface area contributed by atoms with E-state index in [1.165, 1.54) is 12.1 Å². The van der Waals surface area contributed by atoms with Crippen LogP contribution in [0.1, 0.15) is 27.6 Å². The van der Waals surface area contributed by atoms with Crippen LogP contribution in [0.4, 0.5) is 5.69 Å². The zero-order valence-electron chi connectivity index (χ0n) is 17.1. The molecule has 1 unspecified atom stereocenters. The largest absolute Gasteiger partial charge is 0.444 e. The molecule has 1 amide bonds. The number of amides is 1. The van der Waals surface area contributed by atoms with Gasteiger partial charge in [0.2, 0.25) is 6.10 Å². The van der Waals surface area contributed by atoms with Crippen molar-refractivity contribution in [3.8, 4) is 0 Å². The van der Waals surface area contributed by atoms with E-state index in [0.29, 0.717) is 16.3 Å². The summed E-state index contributed by atoms with van der Waals surface area (Å²) in [4.78, 5) is 25.8. The Balaban J connectivity index is 1.93. The number of hydrogen-bond donors (Lipinski definition) is 1. The summed E-state index contributed by atoms with van der Waals surface area (Å²) in [6.07, 6.45) is -0.306. The second-order valence-corrected chi connectivity index (χ2v) is 9.89. The van der Waals surface area contributed by atoms with Crippen molar-refractivity contribution in [3.05, 3.63) is 93.5 Å². The fourth-order valence-electron chi connectivity index (χ4n) is 2.84. The van der Waals surface area contributed by atoms with Crippen LogP contribution in [0.5, 0.6) is 0 Å². The van der Waals surface area contributed by atoms with Gasteiger partial charge in [0, 0.05) is 22.5 Å². The van der Waals surface area contributed by atoms with Gasteiger partial charge in [-0.05, 0) is 42.8 Å². The number of aryl methyl sites for hydroxylation is 1. The number of anilines is 1. The second-order valence-electron chi connectivity index (χ2n) is 7.06. The van der Waals surface area contributed by atoms with Crippen molar-refractivity contribution in [2.45, 2.75) is 17.9 Å². The summed E-state index contributed by atoms with van der Waals surface area (Å²) >= 11 is 12.2. The van der Waals surface area contributed by atoms with Gasteiger partial charge in [-0.3, -0.25) is 4.79 Å². The molecule has 0 aliphatic heterocycles. The van der Waals surface area contributed by atoms with E-state index in [-0.39, 0.29) is 15.5 Å². The third-order valence-electron chi connectivity index (χ3n) is 4.59. The first-order chi connectivity index (χ1) is 15.1. The first kappa shape index (κ1) is 23.8. The molecular formula is C23H19Cl2NO5S. The Bertz CT molecular complexity index is 1280. The molecule has 0 heterocycles. The molecule has 0 aliphatic carbocycles. The summed E-state index contributed by atoms with van der Waals surface area (Å²) in [6.45, 7) is 1.83. The van der Waals surface area contributed by atoms with Crippen molar-refractivity contribution in [2.24, 2.45) is 0 Å². The number of hydrogen-bond acceptors (Lipinski definition) is 5. The lowest BCUT2D eigenvalue weighted by atomic mass is 10.1. The molecule has 0 aliphatic rings. The highest BCUT2D eigenvalue weighted by atomic mass is 35.5. The van der Waals surface area contributed by atoms with Crippen molar-refractivity contribution in [1.29, 1.82) is 0 Å². The molecule has 3 aromatic rings. The highest BCUT2D eigenvalue weighted by molar-refractivity contribution is 7.90. The molecule has 166 valence electrons. The average Bonchev–Trinajstić information content (AvgIpc) is 2.74. The van der Waals surface area contributed by atoms with E-state index in [4.69, 9.17) is 27.9 Å². The number of carbonyl (C=O) groups excluding carboxylic acids is 2. The lowest BCUT2D eigenvalue weighted by Crippen LogP contribution is -2.26. The molecule has 9 heteroatoms. The Morgan fingerprint density at radius 1 is 0.938 bits per heavy atom. The summed E-state index contributed by atoms with van der Waals surface area (Å²) in [5.41, 5.74) is 1.53. The van der Waals surface area contributed by atoms with E-state index in [0.717, 1.165) is 17.9 Å². The second kappa shape index (κ2) is 9.73. The van der Waals surface area contributed by atoms with Gasteiger partial charge in [-0.25, -0.2) is 13.2 Å². The lowest BCUT2D eigenvalue weighted by Gasteiger charge is -2.19. The first-order valence-electron chi connectivity index (χ1n) is 9.39. The smallest absolute Gasteiger partial charge is 0.340 e. The standard InChI is InChI=1S/C23H19Cl2NO5S/c1-14-8-9-16(12-20(14)25)26-22(27)21(15-6-4-3-5-7-15)31-23(28)18-13-17(32(2,29)30)10-11-19(18)24/h3-13,21H,1-2H3,(H,26,27). The van der Waals surface area contributed by atoms with Gasteiger partial charge in [0.25, 0.3) is 5.91 Å². The minimum absolute atomic E-state index is 0.0000590. The van der Waals surface area contributed by atoms with Crippen LogP contribution in [0.3, 0.4) is 0 Å². The van der Waals surface area contributed by atoms with Gasteiger partial charge in [-0.15, -0.1) is 0 Å². The topological polar surface area (TPSA) is 89.5 Å². The predicted molar refractivity (Wildman–Crippen MR) is 124 cm³/mol. The molecule has 3 aromatic carbocycles. The van der Waals surface area contributed by atoms with Gasteiger partial charge >= 0.3 is 5.97 Å². The average molecular weight is 492 g/mol. The first-order valence-corrected chi connectivity index (χ1v) is 12.0. The van der Waals surface area contributed by atoms with Crippen molar-refractivity contribution in [1.82, 2.24) is 0 Å². The van der Waals surface area contributed by atoms with Crippen LogP contribution in [0.2, 0.25) is 10.0 Å². The third-order valence-corrected chi connectivity index (χ3v) is 6.44. The van der Waals surface area contributed by atoms with E-state index >= 15 is 0 Å². The molecule has 0 saturated heterocycles. The monoisotopic (exact) mass is 491 g/mol. The van der Waals surface area contributed by atoms with E-state index in [1.54, 1.807) is 48.5 Å². The van der Waals surface area contributed by atoms with Crippen LogP contribution in [-0.4, -0.2) is 26.6 Å². The van der Waals surface area contributed by atoms with Gasteiger partial charge in [0.1, 0.15) is 0 Å². The molecule has 3 rings (SSSR count). The summed E-state index contributed by atoms with van der Waals surface area (Å²) in [7, 11) is -3.58. The summed E-state index contributed by atoms with van der Waals surface area (Å²) in [6, 6.07) is 17.1. The van der Waals surface area contributed by atoms with Gasteiger partial charge in [0.05, 0.1) is 15.5 Å². The maximum absolute atomic E-state index is 13.0. The van der Waals surface area contributed by atoms with Crippen molar-refractivity contribution in [3.63, 3.8) is 0 Å². The van der Waals surface area contributed by atoms with E-state index in [9.17, 15) is 18.0 Å². The zero-order chi connectivity index (χ0) is 23.5. The van der Waals surface area contributed by atoms with Crippen LogP contribution in [0.25, 0.3) is 0 Å². The Kier molecular flexibility index (Phi) is 7.23. The van der Waals surface area contributed by atoms with Crippen LogP contribution in [-0.2, 0) is 19.4 Å². The number of nitrogens with one attached hydrogen (secondary N) is 1. The summed E-state index contributed by atoms with van der Waals surface area (Å²) in [5, 5.41) is 3.16. The van der Waals surface area contributed by atoms with Crippen LogP contribution < -0.4 is 5.32 Å². The SMILES string of the molecule is Cc1ccc(NC(=O)C(OC(=O)c2cc(S(C)(=O)=O)ccc2Cl)c2ccccc2)cc1Cl. The van der Waals surface area contributed by atoms with E-state index < -0.39 is 27.8 Å². The Morgan fingerprint density at radius 3 is 2.25 bits per heavy atom. The summed E-state index contributed by atoms with van der Waals surface area (Å²) < 4.78 is 29.2. The van der Waals surface area contributed by atoms with Gasteiger partial charge < -0.3 is 10.1 Å². The Morgan fingerprint density at radius 2 is 1.62 bits per heavy atom. The number of rotatable bonds is 6. The molecular weight excluding hydrogens is 473 g/mol. The molecule has 1 atom stereocenters. The van der Waals surface area contributed by atoms with Crippen molar-refractivity contribution >= 4 is 50.6 Å². The quantitative estimate of drug-likeness (QED) is 0.476. The maximum atomic E-state index is 13.0. The van der Waals surface area contributed by atoms with E-state index in [2.05, 4.69) is 5.32 Å². The molecule has 1 N–H and O–H groups in total. The minimum Gasteiger partial charge on any atom is -0.444 e. The third kappa shape index (κ3) is 5.68. The normalized spacial score (nSPS) is 12.1. The summed E-state index contributed by atoms with van der Waals surface area (Å²) in [5.74, 6) is -1.55. The van der Waals surface area contributed by atoms with Crippen molar-refractivity contribution in [2.75, 3.05) is 11.6 Å². The van der Waals surface area contributed by atoms with Crippen LogP contribution in [0.15, 0.2) is 71.6 Å². The Labute approximate surface area is 196 Å². The fourth-order valence-corrected chi connectivity index (χ4v) is 3.86. The highest BCUT2D eigenvalue weighted by Gasteiger charge is 2.27. The predicted octanol–water partition coefficient (Wildman–Crippen LogP) is 5.24. The number of carbonyl (C=O) groups is 2. The number of halogens is 2.